The van der Waals surface area contributed by atoms with Gasteiger partial charge in [-0.3, -0.25) is 29.4 Å². The fraction of sp³-hybridized carbons (Fsp3) is 0.286. The lowest BCUT2D eigenvalue weighted by atomic mass is 10.0. The number of piperidine rings is 1. The van der Waals surface area contributed by atoms with Crippen LogP contribution in [0.25, 0.3) is 5.69 Å². The smallest absolute Gasteiger partial charge is 0.282 e. The van der Waals surface area contributed by atoms with Crippen molar-refractivity contribution >= 4 is 40.1 Å². The lowest BCUT2D eigenvalue weighted by Gasteiger charge is -2.29. The first-order valence-corrected chi connectivity index (χ1v) is 11.3. The highest BCUT2D eigenvalue weighted by molar-refractivity contribution is 7.13. The van der Waals surface area contributed by atoms with Crippen molar-refractivity contribution in [1.82, 2.24) is 30.2 Å². The Bertz CT molecular complexity index is 1270. The van der Waals surface area contributed by atoms with E-state index in [1.807, 2.05) is 6.92 Å². The van der Waals surface area contributed by atoms with Gasteiger partial charge in [-0.05, 0) is 31.0 Å². The average Bonchev–Trinajstić information content (AvgIpc) is 3.55. The Morgan fingerprint density at radius 3 is 2.88 bits per heavy atom. The fourth-order valence-electron chi connectivity index (χ4n) is 4.03. The summed E-state index contributed by atoms with van der Waals surface area (Å²) in [6.45, 7) is 2.58. The lowest BCUT2D eigenvalue weighted by molar-refractivity contribution is -0.136. The number of nitrogens with one attached hydrogen (secondary N) is 1. The van der Waals surface area contributed by atoms with Crippen LogP contribution in [0.15, 0.2) is 36.0 Å². The molecule has 1 fully saturated rings. The molecule has 1 unspecified atom stereocenters. The van der Waals surface area contributed by atoms with Gasteiger partial charge in [0.05, 0.1) is 11.9 Å². The van der Waals surface area contributed by atoms with Gasteiger partial charge in [0.1, 0.15) is 6.04 Å². The highest BCUT2D eigenvalue weighted by atomic mass is 32.1. The van der Waals surface area contributed by atoms with E-state index in [0.717, 1.165) is 5.56 Å². The van der Waals surface area contributed by atoms with Crippen molar-refractivity contribution in [2.24, 2.45) is 0 Å². The molecular weight excluding hydrogens is 446 g/mol. The van der Waals surface area contributed by atoms with Gasteiger partial charge in [0, 0.05) is 36.7 Å². The predicted molar refractivity (Wildman–Crippen MR) is 117 cm³/mol. The zero-order chi connectivity index (χ0) is 23.1. The van der Waals surface area contributed by atoms with Crippen LogP contribution in [0.3, 0.4) is 0 Å². The Hall–Kier alpha value is -3.93. The molecule has 2 aromatic heterocycles. The van der Waals surface area contributed by atoms with Gasteiger partial charge < -0.3 is 4.90 Å². The molecule has 0 aliphatic carbocycles. The summed E-state index contributed by atoms with van der Waals surface area (Å²) in [7, 11) is 0. The number of carbonyl (C=O) groups is 4. The maximum Gasteiger partial charge on any atom is 0.282 e. The second kappa shape index (κ2) is 8.20. The number of nitrogens with zero attached hydrogens (tertiary/aromatic N) is 6. The maximum atomic E-state index is 13.0. The summed E-state index contributed by atoms with van der Waals surface area (Å²) in [5, 5.41) is 12.7. The minimum Gasteiger partial charge on any atom is -0.322 e. The molecule has 1 aromatic carbocycles. The summed E-state index contributed by atoms with van der Waals surface area (Å²) < 4.78 is 1.44. The molecule has 1 atom stereocenters. The van der Waals surface area contributed by atoms with Gasteiger partial charge in [-0.15, -0.1) is 16.4 Å². The molecule has 0 saturated carbocycles. The number of rotatable bonds is 5. The predicted octanol–water partition coefficient (Wildman–Crippen LogP) is 1.15. The molecule has 168 valence electrons. The zero-order valence-corrected chi connectivity index (χ0v) is 18.4. The van der Waals surface area contributed by atoms with E-state index in [9.17, 15) is 19.2 Å². The molecule has 12 heteroatoms. The largest absolute Gasteiger partial charge is 0.322 e. The van der Waals surface area contributed by atoms with Crippen LogP contribution < -0.4 is 10.2 Å². The number of thiazole rings is 1. The fourth-order valence-corrected chi connectivity index (χ4v) is 4.73. The first kappa shape index (κ1) is 20.9. The van der Waals surface area contributed by atoms with Crippen LogP contribution in [-0.2, 0) is 16.1 Å². The Morgan fingerprint density at radius 1 is 1.30 bits per heavy atom. The Kier molecular flexibility index (Phi) is 5.21. The molecule has 33 heavy (non-hydrogen) atoms. The molecule has 4 heterocycles. The van der Waals surface area contributed by atoms with Gasteiger partial charge in [0.15, 0.2) is 10.8 Å². The Labute approximate surface area is 192 Å². The Balaban J connectivity index is 1.37. The van der Waals surface area contributed by atoms with Crippen LogP contribution in [0.4, 0.5) is 5.13 Å². The van der Waals surface area contributed by atoms with Gasteiger partial charge in [-0.25, -0.2) is 9.67 Å². The van der Waals surface area contributed by atoms with Crippen molar-refractivity contribution in [2.45, 2.75) is 32.4 Å². The molecule has 0 radical (unpaired) electrons. The number of imide groups is 1. The number of benzene rings is 1. The summed E-state index contributed by atoms with van der Waals surface area (Å²) in [6.07, 6.45) is 3.65. The third-order valence-corrected chi connectivity index (χ3v) is 6.49. The lowest BCUT2D eigenvalue weighted by Crippen LogP contribution is -2.52. The number of fused-ring (bicyclic) bond motifs is 1. The molecule has 5 rings (SSSR count). The van der Waals surface area contributed by atoms with E-state index in [2.05, 4.69) is 20.6 Å². The summed E-state index contributed by atoms with van der Waals surface area (Å²) in [6, 6.07) is 4.57. The molecular formula is C21H19N7O4S. The summed E-state index contributed by atoms with van der Waals surface area (Å²) in [4.78, 5) is 56.7. The van der Waals surface area contributed by atoms with Crippen molar-refractivity contribution in [3.63, 3.8) is 0 Å². The van der Waals surface area contributed by atoms with Crippen LogP contribution in [0, 0.1) is 0 Å². The van der Waals surface area contributed by atoms with Gasteiger partial charge in [-0.1, -0.05) is 11.3 Å². The topological polar surface area (TPSA) is 130 Å². The van der Waals surface area contributed by atoms with E-state index in [-0.39, 0.29) is 29.8 Å². The third-order valence-electron chi connectivity index (χ3n) is 5.70. The normalized spacial score (nSPS) is 17.8. The second-order valence-corrected chi connectivity index (χ2v) is 8.53. The molecule has 11 nitrogen and oxygen atoms in total. The van der Waals surface area contributed by atoms with Crippen molar-refractivity contribution in [2.75, 3.05) is 11.4 Å². The third kappa shape index (κ3) is 3.67. The SMILES string of the molecule is CCN(C(=O)c1cn(-c2ccc3c(c2)C(=O)N(C2CCC(=O)NC2=O)C3)nn1)c1nccs1. The van der Waals surface area contributed by atoms with Gasteiger partial charge in [-0.2, -0.15) is 0 Å². The van der Waals surface area contributed by atoms with Gasteiger partial charge in [0.25, 0.3) is 11.8 Å². The van der Waals surface area contributed by atoms with Crippen molar-refractivity contribution in [1.29, 1.82) is 0 Å². The van der Waals surface area contributed by atoms with E-state index >= 15 is 0 Å². The van der Waals surface area contributed by atoms with Crippen molar-refractivity contribution in [3.8, 4) is 5.69 Å². The summed E-state index contributed by atoms with van der Waals surface area (Å²) in [5.41, 5.74) is 1.96. The maximum absolute atomic E-state index is 13.0. The van der Waals surface area contributed by atoms with Crippen LogP contribution in [0.1, 0.15) is 46.2 Å². The minimum absolute atomic E-state index is 0.157. The number of anilines is 1. The number of aromatic nitrogens is 4. The monoisotopic (exact) mass is 465 g/mol. The van der Waals surface area contributed by atoms with Crippen molar-refractivity contribution < 1.29 is 19.2 Å². The van der Waals surface area contributed by atoms with Crippen LogP contribution >= 0.6 is 11.3 Å². The van der Waals surface area contributed by atoms with E-state index in [1.54, 1.807) is 29.8 Å². The highest BCUT2D eigenvalue weighted by Crippen LogP contribution is 2.29. The number of hydrogen-bond donors (Lipinski definition) is 1. The standard InChI is InChI=1S/C21H19N7O4S/c1-2-26(21-22-7-8-33-21)20(32)15-11-28(25-24-15)13-4-3-12-10-27(19(31)14(12)9-13)16-5-6-17(29)23-18(16)30/h3-4,7-9,11,16H,2,5-6,10H2,1H3,(H,23,29,30). The first-order chi connectivity index (χ1) is 16.0. The second-order valence-electron chi connectivity index (χ2n) is 7.65. The van der Waals surface area contributed by atoms with Gasteiger partial charge in [0.2, 0.25) is 11.8 Å². The number of carbonyl (C=O) groups excluding carboxylic acids is 4. The van der Waals surface area contributed by atoms with Crippen LogP contribution in [0.2, 0.25) is 0 Å². The quantitative estimate of drug-likeness (QED) is 0.560. The first-order valence-electron chi connectivity index (χ1n) is 10.4. The van der Waals surface area contributed by atoms with E-state index < -0.39 is 11.9 Å². The van der Waals surface area contributed by atoms with Crippen molar-refractivity contribution in [3.05, 3.63) is 52.8 Å². The molecule has 4 amide bonds. The molecule has 0 bridgehead atoms. The van der Waals surface area contributed by atoms with Crippen LogP contribution in [-0.4, -0.2) is 61.1 Å². The number of hydrogen-bond acceptors (Lipinski definition) is 8. The molecule has 1 N–H and O–H groups in total. The molecule has 2 aliphatic rings. The van der Waals surface area contributed by atoms with Gasteiger partial charge >= 0.3 is 0 Å². The van der Waals surface area contributed by atoms with E-state index in [0.29, 0.717) is 35.9 Å². The average molecular weight is 465 g/mol. The molecule has 3 aromatic rings. The van der Waals surface area contributed by atoms with Crippen LogP contribution in [0.5, 0.6) is 0 Å². The minimum atomic E-state index is -0.674. The highest BCUT2D eigenvalue weighted by Gasteiger charge is 2.39. The van der Waals surface area contributed by atoms with E-state index in [1.165, 1.54) is 32.0 Å². The summed E-state index contributed by atoms with van der Waals surface area (Å²) >= 11 is 1.36. The molecule has 1 saturated heterocycles. The number of amides is 4. The zero-order valence-electron chi connectivity index (χ0n) is 17.6. The molecule has 2 aliphatic heterocycles. The summed E-state index contributed by atoms with van der Waals surface area (Å²) in [5.74, 6) is -1.37. The Morgan fingerprint density at radius 2 is 2.15 bits per heavy atom. The molecule has 0 spiro atoms. The van der Waals surface area contributed by atoms with E-state index in [4.69, 9.17) is 0 Å².